The van der Waals surface area contributed by atoms with Crippen molar-refractivity contribution in [2.24, 2.45) is 23.2 Å². The van der Waals surface area contributed by atoms with Crippen LogP contribution in [-0.2, 0) is 16.6 Å². The first kappa shape index (κ1) is 20.1. The van der Waals surface area contributed by atoms with Crippen LogP contribution >= 0.6 is 0 Å². The number of nitrogens with one attached hydrogen (secondary N) is 1. The van der Waals surface area contributed by atoms with Crippen molar-refractivity contribution in [2.75, 3.05) is 20.2 Å². The fourth-order valence-corrected chi connectivity index (χ4v) is 8.56. The van der Waals surface area contributed by atoms with Crippen LogP contribution in [0.5, 0.6) is 5.75 Å². The van der Waals surface area contributed by atoms with E-state index in [0.29, 0.717) is 29.3 Å². The zero-order valence-corrected chi connectivity index (χ0v) is 18.7. The van der Waals surface area contributed by atoms with Gasteiger partial charge in [0.15, 0.2) is 0 Å². The molecule has 1 aromatic rings. The molecule has 162 valence electrons. The molecular formula is C26H36N2O2. The Balaban J connectivity index is 1.69. The summed E-state index contributed by atoms with van der Waals surface area (Å²) >= 11 is 0. The standard InChI is InChI=1S/C26H36N2O2/c1-5-27-22-8-9-25-14-18(3)24(22)26(25)10-11-28(15-17(2)16-29)23(25)12-19-6-7-20(30-4)13-21(19)26/h5-7,13,16-18,22-24,27H,1,8-12,14-15H2,2-4H3/t17-,18+,22?,23?,24?,25+,26?/m1/s1. The van der Waals surface area contributed by atoms with Crippen LogP contribution in [0.25, 0.3) is 0 Å². The van der Waals surface area contributed by atoms with Gasteiger partial charge in [0.05, 0.1) is 7.11 Å². The highest BCUT2D eigenvalue weighted by Crippen LogP contribution is 2.73. The summed E-state index contributed by atoms with van der Waals surface area (Å²) in [6.45, 7) is 10.5. The molecule has 4 bridgehead atoms. The summed E-state index contributed by atoms with van der Waals surface area (Å²) in [4.78, 5) is 14.1. The average Bonchev–Trinajstić information content (AvgIpc) is 2.94. The van der Waals surface area contributed by atoms with Crippen molar-refractivity contribution >= 4 is 6.29 Å². The Kier molecular flexibility index (Phi) is 4.77. The molecule has 3 aliphatic carbocycles. The molecule has 1 aromatic carbocycles. The van der Waals surface area contributed by atoms with Gasteiger partial charge in [-0.2, -0.15) is 0 Å². The van der Waals surface area contributed by atoms with Crippen LogP contribution in [0.1, 0.15) is 50.7 Å². The molecule has 0 aromatic heterocycles. The summed E-state index contributed by atoms with van der Waals surface area (Å²) in [5.74, 6) is 2.37. The number of hydrogen-bond acceptors (Lipinski definition) is 4. The van der Waals surface area contributed by atoms with Crippen LogP contribution < -0.4 is 10.1 Å². The van der Waals surface area contributed by atoms with Gasteiger partial charge in [-0.25, -0.2) is 0 Å². The zero-order valence-electron chi connectivity index (χ0n) is 18.7. The molecule has 1 N–H and O–H groups in total. The summed E-state index contributed by atoms with van der Waals surface area (Å²) in [7, 11) is 1.78. The van der Waals surface area contributed by atoms with Gasteiger partial charge in [-0.05, 0) is 85.4 Å². The molecule has 4 nitrogen and oxygen atoms in total. The maximum atomic E-state index is 11.5. The molecule has 3 fully saturated rings. The van der Waals surface area contributed by atoms with Gasteiger partial charge in [-0.3, -0.25) is 4.90 Å². The molecular weight excluding hydrogens is 372 g/mol. The molecule has 0 spiro atoms. The molecule has 4 unspecified atom stereocenters. The molecule has 0 amide bonds. The average molecular weight is 409 g/mol. The second kappa shape index (κ2) is 7.12. The minimum absolute atomic E-state index is 0.0968. The van der Waals surface area contributed by atoms with Gasteiger partial charge in [0.1, 0.15) is 12.0 Å². The van der Waals surface area contributed by atoms with E-state index in [1.54, 1.807) is 12.7 Å². The fourth-order valence-electron chi connectivity index (χ4n) is 8.56. The number of carbonyl (C=O) groups excluding carboxylic acids is 1. The molecule has 1 heterocycles. The Bertz CT molecular complexity index is 853. The van der Waals surface area contributed by atoms with Gasteiger partial charge >= 0.3 is 0 Å². The van der Waals surface area contributed by atoms with Crippen molar-refractivity contribution in [2.45, 2.75) is 63.5 Å². The Hall–Kier alpha value is -1.81. The van der Waals surface area contributed by atoms with Crippen LogP contribution in [-0.4, -0.2) is 43.5 Å². The number of aldehydes is 1. The number of hydrogen-bond donors (Lipinski definition) is 1. The molecule has 7 atom stereocenters. The lowest BCUT2D eigenvalue weighted by molar-refractivity contribution is -0.116. The first-order valence-corrected chi connectivity index (χ1v) is 11.7. The maximum Gasteiger partial charge on any atom is 0.124 e. The Labute approximate surface area is 181 Å². The first-order valence-electron chi connectivity index (χ1n) is 11.7. The number of likely N-dealkylation sites (tertiary alicyclic amines) is 1. The van der Waals surface area contributed by atoms with Gasteiger partial charge in [0, 0.05) is 30.0 Å². The normalized spacial score (nSPS) is 40.1. The highest BCUT2D eigenvalue weighted by molar-refractivity contribution is 5.53. The highest BCUT2D eigenvalue weighted by atomic mass is 16.5. The van der Waals surface area contributed by atoms with Gasteiger partial charge in [0.2, 0.25) is 0 Å². The number of carbonyl (C=O) groups is 1. The van der Waals surface area contributed by atoms with Crippen molar-refractivity contribution in [1.82, 2.24) is 10.2 Å². The third-order valence-corrected chi connectivity index (χ3v) is 9.26. The van der Waals surface area contributed by atoms with Crippen molar-refractivity contribution in [1.29, 1.82) is 0 Å². The Morgan fingerprint density at radius 3 is 2.97 bits per heavy atom. The van der Waals surface area contributed by atoms with Gasteiger partial charge in [0.25, 0.3) is 0 Å². The van der Waals surface area contributed by atoms with Gasteiger partial charge in [-0.15, -0.1) is 0 Å². The Morgan fingerprint density at radius 1 is 1.40 bits per heavy atom. The van der Waals surface area contributed by atoms with Crippen molar-refractivity contribution in [3.8, 4) is 5.75 Å². The van der Waals surface area contributed by atoms with E-state index >= 15 is 0 Å². The number of methoxy groups -OCH3 is 1. The fraction of sp³-hybridized carbons (Fsp3) is 0.654. The summed E-state index contributed by atoms with van der Waals surface area (Å²) in [5, 5.41) is 3.65. The van der Waals surface area contributed by atoms with E-state index in [-0.39, 0.29) is 11.3 Å². The predicted molar refractivity (Wildman–Crippen MR) is 120 cm³/mol. The first-order chi connectivity index (χ1) is 14.5. The number of nitrogens with zero attached hydrogens (tertiary/aromatic N) is 1. The van der Waals surface area contributed by atoms with Gasteiger partial charge in [-0.1, -0.05) is 26.5 Å². The van der Waals surface area contributed by atoms with E-state index < -0.39 is 0 Å². The number of rotatable bonds is 6. The quantitative estimate of drug-likeness (QED) is 0.724. The zero-order chi connectivity index (χ0) is 21.1. The number of fused-ring (bicyclic) bond motifs is 1. The van der Waals surface area contributed by atoms with Gasteiger partial charge < -0.3 is 14.8 Å². The van der Waals surface area contributed by atoms with E-state index in [4.69, 9.17) is 4.74 Å². The summed E-state index contributed by atoms with van der Waals surface area (Å²) in [6, 6.07) is 7.84. The maximum absolute atomic E-state index is 11.5. The number of benzene rings is 1. The van der Waals surface area contributed by atoms with E-state index in [0.717, 1.165) is 31.5 Å². The third kappa shape index (κ3) is 2.46. The predicted octanol–water partition coefficient (Wildman–Crippen LogP) is 3.94. The molecule has 4 aliphatic rings. The molecule has 2 saturated carbocycles. The second-order valence-corrected chi connectivity index (χ2v) is 10.5. The number of ether oxygens (including phenoxy) is 1. The van der Waals surface area contributed by atoms with E-state index in [1.165, 1.54) is 31.2 Å². The minimum atomic E-state index is 0.0968. The molecule has 0 radical (unpaired) electrons. The van der Waals surface area contributed by atoms with Crippen molar-refractivity contribution in [3.05, 3.63) is 42.1 Å². The number of piperidine rings is 1. The van der Waals surface area contributed by atoms with Crippen LogP contribution in [0.4, 0.5) is 0 Å². The second-order valence-electron chi connectivity index (χ2n) is 10.5. The van der Waals surface area contributed by atoms with Crippen LogP contribution in [0.15, 0.2) is 31.0 Å². The lowest BCUT2D eigenvalue weighted by Crippen LogP contribution is -2.70. The summed E-state index contributed by atoms with van der Waals surface area (Å²) in [6.07, 6.45) is 9.09. The molecule has 1 saturated heterocycles. The molecule has 4 heteroatoms. The summed E-state index contributed by atoms with van der Waals surface area (Å²) < 4.78 is 5.69. The largest absolute Gasteiger partial charge is 0.497 e. The summed E-state index contributed by atoms with van der Waals surface area (Å²) in [5.41, 5.74) is 3.56. The third-order valence-electron chi connectivity index (χ3n) is 9.26. The topological polar surface area (TPSA) is 41.6 Å². The highest BCUT2D eigenvalue weighted by Gasteiger charge is 2.73. The lowest BCUT2D eigenvalue weighted by atomic mass is 9.43. The lowest BCUT2D eigenvalue weighted by Gasteiger charge is -2.66. The van der Waals surface area contributed by atoms with Crippen LogP contribution in [0, 0.1) is 23.2 Å². The SMILES string of the molecule is C=CNC1CC[C@@]23C[C@H](C)C1C21CCN(C[C@@H](C)C=O)C3Cc2ccc(OC)cc21. The Morgan fingerprint density at radius 2 is 2.23 bits per heavy atom. The van der Waals surface area contributed by atoms with Crippen LogP contribution in [0.3, 0.4) is 0 Å². The van der Waals surface area contributed by atoms with E-state index in [2.05, 4.69) is 48.8 Å². The van der Waals surface area contributed by atoms with E-state index in [9.17, 15) is 4.79 Å². The molecule has 5 rings (SSSR count). The molecule has 30 heavy (non-hydrogen) atoms. The van der Waals surface area contributed by atoms with Crippen molar-refractivity contribution in [3.63, 3.8) is 0 Å². The smallest absolute Gasteiger partial charge is 0.124 e. The molecule has 1 aliphatic heterocycles. The minimum Gasteiger partial charge on any atom is -0.497 e. The van der Waals surface area contributed by atoms with Crippen LogP contribution in [0.2, 0.25) is 0 Å². The van der Waals surface area contributed by atoms with E-state index in [1.807, 2.05) is 6.20 Å². The monoisotopic (exact) mass is 408 g/mol. The van der Waals surface area contributed by atoms with Crippen molar-refractivity contribution < 1.29 is 9.53 Å².